The van der Waals surface area contributed by atoms with Crippen LogP contribution in [0, 0.1) is 11.8 Å². The molecule has 3 aliphatic rings. The quantitative estimate of drug-likeness (QED) is 0.168. The topological polar surface area (TPSA) is 48.4 Å². The number of aryl methyl sites for hydroxylation is 1. The zero-order valence-electron chi connectivity index (χ0n) is 28.5. The number of anilines is 2. The summed E-state index contributed by atoms with van der Waals surface area (Å²) in [5.41, 5.74) is 0.973. The number of benzene rings is 1. The van der Waals surface area contributed by atoms with Crippen molar-refractivity contribution in [3.63, 3.8) is 0 Å². The van der Waals surface area contributed by atoms with Crippen LogP contribution in [-0.4, -0.2) is 47.0 Å². The Hall–Kier alpha value is -3.83. The van der Waals surface area contributed by atoms with Crippen LogP contribution in [0.2, 0.25) is 0 Å². The number of hydrogen-bond donors (Lipinski definition) is 0. The summed E-state index contributed by atoms with van der Waals surface area (Å²) in [6.07, 6.45) is 4.30. The maximum Gasteiger partial charge on any atom is 0.416 e. The van der Waals surface area contributed by atoms with E-state index in [2.05, 4.69) is 34.8 Å². The van der Waals surface area contributed by atoms with Gasteiger partial charge in [0, 0.05) is 63.6 Å². The molecule has 3 aromatic rings. The second-order valence-electron chi connectivity index (χ2n) is 14.9. The molecule has 0 radical (unpaired) electrons. The summed E-state index contributed by atoms with van der Waals surface area (Å²) in [5, 5.41) is 0. The average molecular weight is 687 g/mol. The number of aromatic nitrogens is 3. The lowest BCUT2D eigenvalue weighted by molar-refractivity contribution is -0.143. The van der Waals surface area contributed by atoms with Crippen LogP contribution in [0.3, 0.4) is 0 Å². The molecule has 0 saturated heterocycles. The third-order valence-corrected chi connectivity index (χ3v) is 9.58. The Balaban J connectivity index is 1.42. The van der Waals surface area contributed by atoms with E-state index in [4.69, 9.17) is 4.98 Å². The Labute approximate surface area is 284 Å². The average Bonchev–Trinajstić information content (AvgIpc) is 3.96. The van der Waals surface area contributed by atoms with Crippen LogP contribution in [0.1, 0.15) is 85.0 Å². The van der Waals surface area contributed by atoms with Gasteiger partial charge >= 0.3 is 12.4 Å². The lowest BCUT2D eigenvalue weighted by atomic mass is 9.90. The summed E-state index contributed by atoms with van der Waals surface area (Å²) in [4.78, 5) is 20.5. The second-order valence-corrected chi connectivity index (χ2v) is 14.9. The predicted octanol–water partition coefficient (Wildman–Crippen LogP) is 8.58. The molecule has 1 aromatic carbocycles. The van der Waals surface area contributed by atoms with Crippen molar-refractivity contribution in [1.29, 1.82) is 0 Å². The molecular weight excluding hydrogens is 642 g/mol. The Morgan fingerprint density at radius 2 is 1.39 bits per heavy atom. The number of fused-ring (bicyclic) bond motifs is 1. The molecule has 0 amide bonds. The fraction of sp³-hybridized carbons (Fsp3) is 0.541. The number of nitrogens with zero attached hydrogens (tertiary/aromatic N) is 6. The molecule has 0 atom stereocenters. The van der Waals surface area contributed by atoms with Crippen molar-refractivity contribution in [2.75, 3.05) is 37.0 Å². The molecule has 3 aliphatic carbocycles. The monoisotopic (exact) mass is 686 g/mol. The lowest BCUT2D eigenvalue weighted by Gasteiger charge is -2.31. The van der Waals surface area contributed by atoms with Gasteiger partial charge in [0.1, 0.15) is 5.82 Å². The number of pyridine rings is 1. The summed E-state index contributed by atoms with van der Waals surface area (Å²) in [7, 11) is 3.82. The van der Waals surface area contributed by atoms with E-state index in [1.54, 1.807) is 17.3 Å². The van der Waals surface area contributed by atoms with E-state index >= 15 is 0 Å². The number of hydrogen-bond acceptors (Lipinski definition) is 6. The molecule has 6 rings (SSSR count). The maximum atomic E-state index is 13.9. The third kappa shape index (κ3) is 8.86. The van der Waals surface area contributed by atoms with Crippen molar-refractivity contribution < 1.29 is 26.3 Å². The van der Waals surface area contributed by atoms with Crippen LogP contribution in [-0.2, 0) is 43.7 Å². The molecule has 2 heterocycles. The minimum atomic E-state index is -4.95. The zero-order chi connectivity index (χ0) is 35.1. The minimum Gasteiger partial charge on any atom is -0.384 e. The highest BCUT2D eigenvalue weighted by atomic mass is 19.4. The van der Waals surface area contributed by atoms with Gasteiger partial charge in [-0.25, -0.2) is 15.0 Å². The van der Waals surface area contributed by atoms with Gasteiger partial charge in [0.2, 0.25) is 5.95 Å². The number of alkyl halides is 6. The number of allylic oxidation sites excluding steroid dienone is 1. The molecule has 0 spiro atoms. The Morgan fingerprint density at radius 3 is 1.92 bits per heavy atom. The molecule has 49 heavy (non-hydrogen) atoms. The van der Waals surface area contributed by atoms with Crippen LogP contribution in [0.25, 0.3) is 0 Å². The fourth-order valence-corrected chi connectivity index (χ4v) is 6.55. The van der Waals surface area contributed by atoms with E-state index in [1.165, 1.54) is 25.7 Å². The molecular formula is C37H44F6N6. The van der Waals surface area contributed by atoms with Gasteiger partial charge in [-0.2, -0.15) is 26.3 Å². The summed E-state index contributed by atoms with van der Waals surface area (Å²) in [5.74, 6) is 2.25. The van der Waals surface area contributed by atoms with E-state index in [1.807, 2.05) is 31.3 Å². The van der Waals surface area contributed by atoms with Crippen LogP contribution in [0.15, 0.2) is 48.9 Å². The Morgan fingerprint density at radius 1 is 0.796 bits per heavy atom. The molecule has 264 valence electrons. The maximum absolute atomic E-state index is 13.9. The summed E-state index contributed by atoms with van der Waals surface area (Å²) in [6, 6.07) is 3.90. The standard InChI is InChI=1S/C37H44F6N6/c1-35(2)12-11-28-16-29(33(46-32(28)35)48(20-24-7-8-24)21-25-9-10-25)23-49(34-44-18-26(19-45-34)6-5-13-47(3)4)22-27-14-30(36(38,39)40)17-31(15-27)37(41,42)43/h5,13-19,24-25H,6-12,20-23H2,1-4H3. The van der Waals surface area contributed by atoms with Gasteiger partial charge in [-0.1, -0.05) is 19.9 Å². The highest BCUT2D eigenvalue weighted by molar-refractivity contribution is 5.55. The first kappa shape index (κ1) is 35.0. The molecule has 2 saturated carbocycles. The lowest BCUT2D eigenvalue weighted by Crippen LogP contribution is -2.33. The number of halogens is 6. The molecule has 0 N–H and O–H groups in total. The van der Waals surface area contributed by atoms with Gasteiger partial charge in [0.25, 0.3) is 0 Å². The van der Waals surface area contributed by atoms with E-state index < -0.39 is 23.5 Å². The highest BCUT2D eigenvalue weighted by Crippen LogP contribution is 2.42. The summed E-state index contributed by atoms with van der Waals surface area (Å²) in [6.45, 7) is 6.05. The zero-order valence-corrected chi connectivity index (χ0v) is 28.5. The van der Waals surface area contributed by atoms with Crippen molar-refractivity contribution >= 4 is 11.8 Å². The molecule has 6 nitrogen and oxygen atoms in total. The minimum absolute atomic E-state index is 0.0981. The predicted molar refractivity (Wildman–Crippen MR) is 178 cm³/mol. The van der Waals surface area contributed by atoms with Crippen molar-refractivity contribution in [3.8, 4) is 0 Å². The first-order valence-electron chi connectivity index (χ1n) is 17.0. The van der Waals surface area contributed by atoms with Gasteiger partial charge in [-0.3, -0.25) is 0 Å². The molecule has 0 bridgehead atoms. The van der Waals surface area contributed by atoms with Gasteiger partial charge in [-0.05, 0) is 104 Å². The first-order valence-corrected chi connectivity index (χ1v) is 17.0. The first-order chi connectivity index (χ1) is 23.0. The van der Waals surface area contributed by atoms with Gasteiger partial charge in [0.15, 0.2) is 0 Å². The molecule has 2 fully saturated rings. The Bertz CT molecular complexity index is 1610. The molecule has 0 unspecified atom stereocenters. The van der Waals surface area contributed by atoms with Crippen LogP contribution < -0.4 is 9.80 Å². The van der Waals surface area contributed by atoms with E-state index in [0.717, 1.165) is 66.3 Å². The van der Waals surface area contributed by atoms with Crippen molar-refractivity contribution in [1.82, 2.24) is 19.9 Å². The van der Waals surface area contributed by atoms with Crippen molar-refractivity contribution in [3.05, 3.63) is 88.0 Å². The molecule has 12 heteroatoms. The molecule has 0 aliphatic heterocycles. The summed E-state index contributed by atoms with van der Waals surface area (Å²) >= 11 is 0. The van der Waals surface area contributed by atoms with Crippen molar-refractivity contribution in [2.45, 2.75) is 89.7 Å². The Kier molecular flexibility index (Phi) is 9.63. The second kappa shape index (κ2) is 13.5. The van der Waals surface area contributed by atoms with Gasteiger partial charge in [-0.15, -0.1) is 0 Å². The van der Waals surface area contributed by atoms with Crippen LogP contribution in [0.4, 0.5) is 38.1 Å². The van der Waals surface area contributed by atoms with Gasteiger partial charge < -0.3 is 14.7 Å². The summed E-state index contributed by atoms with van der Waals surface area (Å²) < 4.78 is 83.2. The van der Waals surface area contributed by atoms with E-state index in [-0.39, 0.29) is 36.1 Å². The largest absolute Gasteiger partial charge is 0.416 e. The van der Waals surface area contributed by atoms with E-state index in [9.17, 15) is 26.3 Å². The van der Waals surface area contributed by atoms with Gasteiger partial charge in [0.05, 0.1) is 16.8 Å². The third-order valence-electron chi connectivity index (χ3n) is 9.58. The fourth-order valence-electron chi connectivity index (χ4n) is 6.55. The normalized spacial score (nSPS) is 17.4. The van der Waals surface area contributed by atoms with Crippen LogP contribution >= 0.6 is 0 Å². The highest BCUT2D eigenvalue weighted by Gasteiger charge is 2.38. The molecule has 2 aromatic heterocycles. The smallest absolute Gasteiger partial charge is 0.384 e. The number of rotatable bonds is 13. The van der Waals surface area contributed by atoms with E-state index in [0.29, 0.717) is 18.3 Å². The SMILES string of the molecule is CN(C)C=CCc1cnc(N(Cc2cc(C(F)(F)F)cc(C(F)(F)F)c2)Cc2cc3c(nc2N(CC2CC2)CC2CC2)C(C)(C)CC3)nc1. The van der Waals surface area contributed by atoms with Crippen LogP contribution in [0.5, 0.6) is 0 Å². The van der Waals surface area contributed by atoms with Crippen molar-refractivity contribution in [2.24, 2.45) is 11.8 Å².